The highest BCUT2D eigenvalue weighted by atomic mass is 19.4. The van der Waals surface area contributed by atoms with Gasteiger partial charge in [0.05, 0.1) is 5.56 Å². The number of benzene rings is 1. The molecule has 0 saturated carbocycles. The van der Waals surface area contributed by atoms with Crippen LogP contribution in [0, 0.1) is 0 Å². The molecule has 0 bridgehead atoms. The Balaban J connectivity index is 1.98. The van der Waals surface area contributed by atoms with Crippen LogP contribution in [0.3, 0.4) is 0 Å². The number of nitrogens with zero attached hydrogens (tertiary/aromatic N) is 2. The van der Waals surface area contributed by atoms with Crippen LogP contribution < -0.4 is 11.1 Å². The van der Waals surface area contributed by atoms with E-state index in [1.807, 2.05) is 0 Å². The highest BCUT2D eigenvalue weighted by Crippen LogP contribution is 2.29. The third-order valence-corrected chi connectivity index (χ3v) is 2.23. The zero-order valence-corrected chi connectivity index (χ0v) is 9.12. The second-order valence-corrected chi connectivity index (χ2v) is 3.59. The summed E-state index contributed by atoms with van der Waals surface area (Å²) in [6.07, 6.45) is -4.32. The van der Waals surface area contributed by atoms with Crippen LogP contribution in [-0.2, 0) is 12.7 Å². The summed E-state index contributed by atoms with van der Waals surface area (Å²) in [6.45, 7) is 0.315. The Morgan fingerprint density at radius 2 is 1.89 bits per heavy atom. The first-order valence-electron chi connectivity index (χ1n) is 5.03. The molecule has 0 aliphatic rings. The van der Waals surface area contributed by atoms with Crippen LogP contribution in [-0.4, -0.2) is 15.2 Å². The molecule has 2 rings (SSSR count). The summed E-state index contributed by atoms with van der Waals surface area (Å²) in [6, 6.07) is 4.85. The minimum atomic E-state index is -4.32. The molecule has 2 aromatic rings. The van der Waals surface area contributed by atoms with Crippen LogP contribution in [0.2, 0.25) is 0 Å². The van der Waals surface area contributed by atoms with Crippen molar-refractivity contribution >= 4 is 11.9 Å². The molecule has 1 aromatic heterocycles. The Kier molecular flexibility index (Phi) is 3.09. The first-order valence-corrected chi connectivity index (χ1v) is 5.03. The maximum atomic E-state index is 12.3. The summed E-state index contributed by atoms with van der Waals surface area (Å²) in [7, 11) is 0. The number of aromatic amines is 1. The lowest BCUT2D eigenvalue weighted by atomic mass is 10.1. The van der Waals surface area contributed by atoms with E-state index >= 15 is 0 Å². The van der Waals surface area contributed by atoms with Crippen molar-refractivity contribution in [3.8, 4) is 0 Å². The van der Waals surface area contributed by atoms with Gasteiger partial charge in [-0.1, -0.05) is 12.1 Å². The number of hydrogen-bond donors (Lipinski definition) is 3. The molecule has 5 nitrogen and oxygen atoms in total. The van der Waals surface area contributed by atoms with Gasteiger partial charge in [0.1, 0.15) is 0 Å². The number of nitrogen functional groups attached to an aromatic ring is 1. The predicted octanol–water partition coefficient (Wildman–Crippen LogP) is 2.02. The molecule has 0 atom stereocenters. The van der Waals surface area contributed by atoms with Gasteiger partial charge in [-0.25, -0.2) is 5.10 Å². The lowest BCUT2D eigenvalue weighted by molar-refractivity contribution is -0.137. The van der Waals surface area contributed by atoms with Crippen molar-refractivity contribution in [3.63, 3.8) is 0 Å². The third kappa shape index (κ3) is 2.90. The van der Waals surface area contributed by atoms with Crippen molar-refractivity contribution in [2.24, 2.45) is 0 Å². The topological polar surface area (TPSA) is 79.6 Å². The van der Waals surface area contributed by atoms with Gasteiger partial charge in [0.2, 0.25) is 11.9 Å². The molecule has 0 unspecified atom stereocenters. The van der Waals surface area contributed by atoms with Gasteiger partial charge in [-0.2, -0.15) is 18.2 Å². The normalized spacial score (nSPS) is 11.5. The highest BCUT2D eigenvalue weighted by Gasteiger charge is 2.29. The van der Waals surface area contributed by atoms with E-state index < -0.39 is 11.7 Å². The average molecular weight is 257 g/mol. The molecule has 0 fully saturated rings. The van der Waals surface area contributed by atoms with Gasteiger partial charge in [0.15, 0.2) is 0 Å². The number of nitrogens with one attached hydrogen (secondary N) is 2. The van der Waals surface area contributed by atoms with E-state index in [4.69, 9.17) is 5.73 Å². The number of rotatable bonds is 3. The first-order chi connectivity index (χ1) is 8.45. The molecule has 8 heteroatoms. The molecule has 0 radical (unpaired) electrons. The number of alkyl halides is 3. The zero-order chi connectivity index (χ0) is 13.2. The summed E-state index contributed by atoms with van der Waals surface area (Å²) in [5.41, 5.74) is 5.33. The van der Waals surface area contributed by atoms with Gasteiger partial charge in [-0.3, -0.25) is 0 Å². The van der Waals surface area contributed by atoms with Crippen molar-refractivity contribution in [1.82, 2.24) is 15.2 Å². The van der Waals surface area contributed by atoms with Crippen molar-refractivity contribution in [1.29, 1.82) is 0 Å². The fourth-order valence-corrected chi connectivity index (χ4v) is 1.35. The second kappa shape index (κ2) is 4.55. The number of hydrogen-bond acceptors (Lipinski definition) is 4. The molecule has 4 N–H and O–H groups in total. The lowest BCUT2D eigenvalue weighted by Gasteiger charge is -2.07. The maximum absolute atomic E-state index is 12.3. The zero-order valence-electron chi connectivity index (χ0n) is 9.12. The highest BCUT2D eigenvalue weighted by molar-refractivity contribution is 5.32. The van der Waals surface area contributed by atoms with Crippen molar-refractivity contribution in [2.45, 2.75) is 12.7 Å². The predicted molar refractivity (Wildman–Crippen MR) is 59.6 cm³/mol. The van der Waals surface area contributed by atoms with Gasteiger partial charge in [0, 0.05) is 6.54 Å². The van der Waals surface area contributed by atoms with Crippen molar-refractivity contribution < 1.29 is 13.2 Å². The molecule has 0 saturated heterocycles. The first kappa shape index (κ1) is 12.2. The summed E-state index contributed by atoms with van der Waals surface area (Å²) in [5, 5.41) is 9.00. The summed E-state index contributed by atoms with van der Waals surface area (Å²) in [4.78, 5) is 3.80. The maximum Gasteiger partial charge on any atom is 0.416 e. The summed E-state index contributed by atoms with van der Waals surface area (Å²) < 4.78 is 37.0. The van der Waals surface area contributed by atoms with Crippen LogP contribution in [0.15, 0.2) is 24.3 Å². The van der Waals surface area contributed by atoms with E-state index in [9.17, 15) is 13.2 Å². The van der Waals surface area contributed by atoms with Gasteiger partial charge >= 0.3 is 6.18 Å². The number of anilines is 2. The van der Waals surface area contributed by atoms with Gasteiger partial charge in [-0.05, 0) is 17.7 Å². The fourth-order valence-electron chi connectivity index (χ4n) is 1.35. The molecule has 0 aliphatic carbocycles. The Bertz CT molecular complexity index is 517. The Morgan fingerprint density at radius 1 is 1.22 bits per heavy atom. The van der Waals surface area contributed by atoms with E-state index in [0.717, 1.165) is 12.1 Å². The van der Waals surface area contributed by atoms with Crippen LogP contribution in [0.25, 0.3) is 0 Å². The fraction of sp³-hybridized carbons (Fsp3) is 0.200. The number of halogens is 3. The number of H-pyrrole nitrogens is 1. The Labute approximate surface area is 100 Å². The molecule has 1 heterocycles. The van der Waals surface area contributed by atoms with Crippen LogP contribution in [0.4, 0.5) is 25.1 Å². The van der Waals surface area contributed by atoms with E-state index in [1.54, 1.807) is 0 Å². The van der Waals surface area contributed by atoms with Gasteiger partial charge in [-0.15, -0.1) is 5.10 Å². The molecule has 96 valence electrons. The van der Waals surface area contributed by atoms with Crippen LogP contribution >= 0.6 is 0 Å². The van der Waals surface area contributed by atoms with E-state index in [1.165, 1.54) is 12.1 Å². The Morgan fingerprint density at radius 3 is 2.39 bits per heavy atom. The van der Waals surface area contributed by atoms with Gasteiger partial charge < -0.3 is 11.1 Å². The van der Waals surface area contributed by atoms with Gasteiger partial charge in [0.25, 0.3) is 0 Å². The molecular weight excluding hydrogens is 247 g/mol. The van der Waals surface area contributed by atoms with Crippen molar-refractivity contribution in [3.05, 3.63) is 35.4 Å². The molecule has 1 aromatic carbocycles. The smallest absolute Gasteiger partial charge is 0.368 e. The Hall–Kier alpha value is -2.25. The lowest BCUT2D eigenvalue weighted by Crippen LogP contribution is -2.06. The van der Waals surface area contributed by atoms with E-state index in [2.05, 4.69) is 20.5 Å². The number of aromatic nitrogens is 3. The second-order valence-electron chi connectivity index (χ2n) is 3.59. The average Bonchev–Trinajstić information content (AvgIpc) is 2.72. The van der Waals surface area contributed by atoms with E-state index in [0.29, 0.717) is 18.1 Å². The molecule has 18 heavy (non-hydrogen) atoms. The molecule has 0 aliphatic heterocycles. The quantitative estimate of drug-likeness (QED) is 0.785. The molecule has 0 spiro atoms. The monoisotopic (exact) mass is 257 g/mol. The molecular formula is C10H10F3N5. The standard InChI is InChI=1S/C10H10F3N5/c11-10(12,13)7-3-1-6(2-4-7)5-15-9-16-8(14)17-18-9/h1-4H,5H2,(H4,14,15,16,17,18). The summed E-state index contributed by atoms with van der Waals surface area (Å²) in [5.74, 6) is 0.470. The van der Waals surface area contributed by atoms with Crippen molar-refractivity contribution in [2.75, 3.05) is 11.1 Å². The molecule has 0 amide bonds. The van der Waals surface area contributed by atoms with Crippen LogP contribution in [0.5, 0.6) is 0 Å². The largest absolute Gasteiger partial charge is 0.416 e. The number of nitrogens with two attached hydrogens (primary N) is 1. The van der Waals surface area contributed by atoms with Crippen LogP contribution in [0.1, 0.15) is 11.1 Å². The SMILES string of the molecule is Nc1nc(NCc2ccc(C(F)(F)F)cc2)n[nH]1. The minimum Gasteiger partial charge on any atom is -0.368 e. The third-order valence-electron chi connectivity index (χ3n) is 2.23. The minimum absolute atomic E-state index is 0.171. The summed E-state index contributed by atoms with van der Waals surface area (Å²) >= 11 is 0. The van der Waals surface area contributed by atoms with E-state index in [-0.39, 0.29) is 5.95 Å².